The average Bonchev–Trinajstić information content (AvgIpc) is 2.16. The largest absolute Gasteiger partial charge is 0.400 e. The summed E-state index contributed by atoms with van der Waals surface area (Å²) in [6, 6.07) is 8.03. The highest BCUT2D eigenvalue weighted by Crippen LogP contribution is 2.26. The van der Waals surface area contributed by atoms with E-state index in [4.69, 9.17) is 0 Å². The first kappa shape index (κ1) is 11.6. The molecule has 2 nitrogen and oxygen atoms in total. The molecule has 0 aliphatic carbocycles. The van der Waals surface area contributed by atoms with Crippen molar-refractivity contribution in [3.63, 3.8) is 0 Å². The molecular formula is C10H10F3NO. The Hall–Kier alpha value is -1.52. The van der Waals surface area contributed by atoms with Crippen LogP contribution in [-0.4, -0.2) is 12.1 Å². The van der Waals surface area contributed by atoms with Gasteiger partial charge in [0.2, 0.25) is 5.91 Å². The van der Waals surface area contributed by atoms with Crippen LogP contribution < -0.4 is 5.32 Å². The molecule has 82 valence electrons. The summed E-state index contributed by atoms with van der Waals surface area (Å²) < 4.78 is 36.4. The summed E-state index contributed by atoms with van der Waals surface area (Å²) in [4.78, 5) is 11.1. The molecule has 1 aromatic rings. The summed E-state index contributed by atoms with van der Waals surface area (Å²) >= 11 is 0. The van der Waals surface area contributed by atoms with Crippen molar-refractivity contribution in [2.45, 2.75) is 13.1 Å². The Morgan fingerprint density at radius 2 is 1.80 bits per heavy atom. The van der Waals surface area contributed by atoms with Crippen molar-refractivity contribution < 1.29 is 18.0 Å². The minimum Gasteiger partial charge on any atom is -0.326 e. The second kappa shape index (κ2) is 4.33. The number of rotatable bonds is 2. The van der Waals surface area contributed by atoms with Gasteiger partial charge in [0, 0.05) is 5.69 Å². The lowest BCUT2D eigenvalue weighted by molar-refractivity contribution is -0.175. The van der Waals surface area contributed by atoms with Gasteiger partial charge in [-0.2, -0.15) is 13.2 Å². The third kappa shape index (κ3) is 3.27. The second-order valence-electron chi connectivity index (χ2n) is 3.12. The Morgan fingerprint density at radius 3 is 2.27 bits per heavy atom. The fourth-order valence-electron chi connectivity index (χ4n) is 0.921. The van der Waals surface area contributed by atoms with Crippen LogP contribution in [0.2, 0.25) is 0 Å². The number of hydrogen-bond donors (Lipinski definition) is 1. The van der Waals surface area contributed by atoms with Gasteiger partial charge in [-0.05, 0) is 19.1 Å². The van der Waals surface area contributed by atoms with E-state index in [0.29, 0.717) is 5.69 Å². The van der Waals surface area contributed by atoms with Crippen molar-refractivity contribution in [1.82, 2.24) is 0 Å². The quantitative estimate of drug-likeness (QED) is 0.810. The summed E-state index contributed by atoms with van der Waals surface area (Å²) in [5.41, 5.74) is 0.360. The zero-order chi connectivity index (χ0) is 11.5. The molecule has 5 heteroatoms. The minimum absolute atomic E-state index is 0.360. The Bertz CT molecular complexity index is 334. The molecule has 1 unspecified atom stereocenters. The van der Waals surface area contributed by atoms with Gasteiger partial charge in [-0.25, -0.2) is 0 Å². The van der Waals surface area contributed by atoms with Crippen LogP contribution in [0.3, 0.4) is 0 Å². The standard InChI is InChI=1S/C10H10F3NO/c1-7(10(11,12)13)9(15)14-8-5-3-2-4-6-8/h2-7H,1H3,(H,14,15). The minimum atomic E-state index is -4.50. The molecule has 0 heterocycles. The number of carbonyl (C=O) groups is 1. The van der Waals surface area contributed by atoms with Crippen molar-refractivity contribution in [2.24, 2.45) is 5.92 Å². The molecule has 15 heavy (non-hydrogen) atoms. The number of alkyl halides is 3. The van der Waals surface area contributed by atoms with Gasteiger partial charge in [-0.3, -0.25) is 4.79 Å². The first-order valence-corrected chi connectivity index (χ1v) is 4.34. The first-order chi connectivity index (χ1) is 6.91. The Morgan fingerprint density at radius 1 is 1.27 bits per heavy atom. The lowest BCUT2D eigenvalue weighted by atomic mass is 10.1. The number of amides is 1. The highest BCUT2D eigenvalue weighted by Gasteiger charge is 2.41. The van der Waals surface area contributed by atoms with E-state index in [0.717, 1.165) is 6.92 Å². The maximum absolute atomic E-state index is 12.1. The zero-order valence-corrected chi connectivity index (χ0v) is 8.01. The van der Waals surface area contributed by atoms with Crippen molar-refractivity contribution in [2.75, 3.05) is 5.32 Å². The lowest BCUT2D eigenvalue weighted by Crippen LogP contribution is -2.32. The number of anilines is 1. The van der Waals surface area contributed by atoms with Crippen LogP contribution in [0, 0.1) is 5.92 Å². The summed E-state index contributed by atoms with van der Waals surface area (Å²) in [7, 11) is 0. The summed E-state index contributed by atoms with van der Waals surface area (Å²) in [6.45, 7) is 0.832. The Balaban J connectivity index is 2.65. The number of para-hydroxylation sites is 1. The lowest BCUT2D eigenvalue weighted by Gasteiger charge is -2.15. The Kier molecular flexibility index (Phi) is 3.34. The molecule has 0 fully saturated rings. The predicted octanol–water partition coefficient (Wildman–Crippen LogP) is 2.82. The molecular weight excluding hydrogens is 207 g/mol. The monoisotopic (exact) mass is 217 g/mol. The summed E-state index contributed by atoms with van der Waals surface area (Å²) in [5, 5.41) is 2.19. The molecule has 1 rings (SSSR count). The van der Waals surface area contributed by atoms with Gasteiger partial charge >= 0.3 is 6.18 Å². The molecule has 1 N–H and O–H groups in total. The van der Waals surface area contributed by atoms with Gasteiger partial charge < -0.3 is 5.32 Å². The second-order valence-corrected chi connectivity index (χ2v) is 3.12. The first-order valence-electron chi connectivity index (χ1n) is 4.34. The fraction of sp³-hybridized carbons (Fsp3) is 0.300. The molecule has 0 aromatic heterocycles. The molecule has 0 aliphatic heterocycles. The molecule has 0 radical (unpaired) electrons. The molecule has 1 atom stereocenters. The molecule has 1 amide bonds. The van der Waals surface area contributed by atoms with Crippen LogP contribution in [0.1, 0.15) is 6.92 Å². The van der Waals surface area contributed by atoms with Crippen LogP contribution in [0.4, 0.5) is 18.9 Å². The number of nitrogens with one attached hydrogen (secondary N) is 1. The van der Waals surface area contributed by atoms with Crippen LogP contribution >= 0.6 is 0 Å². The zero-order valence-electron chi connectivity index (χ0n) is 8.01. The van der Waals surface area contributed by atoms with Crippen LogP contribution in [0.5, 0.6) is 0 Å². The van der Waals surface area contributed by atoms with Gasteiger partial charge in [0.15, 0.2) is 0 Å². The Labute approximate surface area is 85.1 Å². The molecule has 1 aromatic carbocycles. The number of carbonyl (C=O) groups excluding carboxylic acids is 1. The van der Waals surface area contributed by atoms with E-state index >= 15 is 0 Å². The van der Waals surface area contributed by atoms with E-state index in [1.165, 1.54) is 12.1 Å². The SMILES string of the molecule is CC(C(=O)Nc1ccccc1)C(F)(F)F. The van der Waals surface area contributed by atoms with Gasteiger partial charge in [0.1, 0.15) is 5.92 Å². The molecule has 0 spiro atoms. The third-order valence-corrected chi connectivity index (χ3v) is 1.93. The van der Waals surface area contributed by atoms with Crippen molar-refractivity contribution in [3.8, 4) is 0 Å². The van der Waals surface area contributed by atoms with E-state index in [1.54, 1.807) is 18.2 Å². The molecule has 0 aliphatic rings. The highest BCUT2D eigenvalue weighted by atomic mass is 19.4. The smallest absolute Gasteiger partial charge is 0.326 e. The fourth-order valence-corrected chi connectivity index (χ4v) is 0.921. The maximum Gasteiger partial charge on any atom is 0.400 e. The van der Waals surface area contributed by atoms with E-state index in [-0.39, 0.29) is 0 Å². The third-order valence-electron chi connectivity index (χ3n) is 1.93. The topological polar surface area (TPSA) is 29.1 Å². The number of halogens is 3. The normalized spacial score (nSPS) is 13.3. The maximum atomic E-state index is 12.1. The van der Waals surface area contributed by atoms with Crippen LogP contribution in [0.15, 0.2) is 30.3 Å². The van der Waals surface area contributed by atoms with Crippen molar-refractivity contribution in [1.29, 1.82) is 0 Å². The average molecular weight is 217 g/mol. The number of benzene rings is 1. The van der Waals surface area contributed by atoms with Gasteiger partial charge in [-0.1, -0.05) is 18.2 Å². The van der Waals surface area contributed by atoms with Crippen LogP contribution in [-0.2, 0) is 4.79 Å². The van der Waals surface area contributed by atoms with Gasteiger partial charge in [0.25, 0.3) is 0 Å². The summed E-state index contributed by atoms with van der Waals surface area (Å²) in [6.07, 6.45) is -4.50. The van der Waals surface area contributed by atoms with E-state index in [1.807, 2.05) is 0 Å². The summed E-state index contributed by atoms with van der Waals surface area (Å²) in [5.74, 6) is -3.05. The molecule has 0 bridgehead atoms. The van der Waals surface area contributed by atoms with Gasteiger partial charge in [0.05, 0.1) is 0 Å². The molecule has 0 saturated heterocycles. The van der Waals surface area contributed by atoms with E-state index in [9.17, 15) is 18.0 Å². The van der Waals surface area contributed by atoms with Crippen molar-refractivity contribution >= 4 is 11.6 Å². The predicted molar refractivity (Wildman–Crippen MR) is 50.3 cm³/mol. The van der Waals surface area contributed by atoms with Crippen LogP contribution in [0.25, 0.3) is 0 Å². The van der Waals surface area contributed by atoms with Gasteiger partial charge in [-0.15, -0.1) is 0 Å². The van der Waals surface area contributed by atoms with Crippen molar-refractivity contribution in [3.05, 3.63) is 30.3 Å². The van der Waals surface area contributed by atoms with E-state index < -0.39 is 18.0 Å². The number of hydrogen-bond acceptors (Lipinski definition) is 1. The molecule has 0 saturated carbocycles. The highest BCUT2D eigenvalue weighted by molar-refractivity contribution is 5.92. The van der Waals surface area contributed by atoms with E-state index in [2.05, 4.69) is 5.32 Å².